The second-order valence-corrected chi connectivity index (χ2v) is 8.04. The smallest absolute Gasteiger partial charge is 0.147 e. The fourth-order valence-electron chi connectivity index (χ4n) is 1.36. The van der Waals surface area contributed by atoms with E-state index in [-0.39, 0.29) is 11.7 Å². The highest BCUT2D eigenvalue weighted by Crippen LogP contribution is 2.28. The van der Waals surface area contributed by atoms with Crippen LogP contribution in [0.25, 0.3) is 0 Å². The molecule has 2 nitrogen and oxygen atoms in total. The van der Waals surface area contributed by atoms with Gasteiger partial charge in [-0.1, -0.05) is 19.1 Å². The van der Waals surface area contributed by atoms with Gasteiger partial charge in [-0.05, 0) is 34.0 Å². The Kier molecular flexibility index (Phi) is 5.34. The Morgan fingerprint density at radius 1 is 1.38 bits per heavy atom. The minimum absolute atomic E-state index is 0.173. The summed E-state index contributed by atoms with van der Waals surface area (Å²) >= 11 is 5.15. The molecule has 0 N–H and O–H groups in total. The van der Waals surface area contributed by atoms with Crippen molar-refractivity contribution < 1.29 is 8.42 Å². The summed E-state index contributed by atoms with van der Waals surface area (Å²) in [6.07, 6.45) is 1.28. The predicted molar refractivity (Wildman–Crippen MR) is 73.7 cm³/mol. The Morgan fingerprint density at radius 3 is 2.56 bits per heavy atom. The highest BCUT2D eigenvalue weighted by Gasteiger charge is 2.11. The van der Waals surface area contributed by atoms with E-state index in [2.05, 4.69) is 15.9 Å². The molecule has 1 rings (SSSR count). The topological polar surface area (TPSA) is 34.1 Å². The van der Waals surface area contributed by atoms with E-state index in [1.54, 1.807) is 11.8 Å². The summed E-state index contributed by atoms with van der Waals surface area (Å²) in [6, 6.07) is 7.97. The monoisotopic (exact) mass is 322 g/mol. The predicted octanol–water partition coefficient (Wildman–Crippen LogP) is 3.22. The van der Waals surface area contributed by atoms with E-state index in [9.17, 15) is 8.42 Å². The van der Waals surface area contributed by atoms with Crippen LogP contribution in [0, 0.1) is 5.92 Å². The van der Waals surface area contributed by atoms with Gasteiger partial charge in [0.2, 0.25) is 0 Å². The molecule has 5 heteroatoms. The van der Waals surface area contributed by atoms with Crippen LogP contribution >= 0.6 is 27.7 Å². The molecule has 0 aliphatic carbocycles. The number of thioether (sulfide) groups is 1. The summed E-state index contributed by atoms with van der Waals surface area (Å²) in [5.41, 5.74) is 0. The number of rotatable bonds is 5. The summed E-state index contributed by atoms with van der Waals surface area (Å²) in [5, 5.41) is 0. The van der Waals surface area contributed by atoms with Crippen LogP contribution in [0.5, 0.6) is 0 Å². The van der Waals surface area contributed by atoms with Crippen LogP contribution in [-0.4, -0.2) is 26.2 Å². The Morgan fingerprint density at radius 2 is 2.00 bits per heavy atom. The molecule has 1 aromatic rings. The van der Waals surface area contributed by atoms with Crippen LogP contribution in [0.15, 0.2) is 33.6 Å². The maximum Gasteiger partial charge on any atom is 0.147 e. The summed E-state index contributed by atoms with van der Waals surface area (Å²) in [5.74, 6) is 1.24. The molecular formula is C11H15BrO2S2. The summed E-state index contributed by atoms with van der Waals surface area (Å²) < 4.78 is 23.3. The first-order valence-corrected chi connectivity index (χ1v) is 8.77. The fraction of sp³-hybridized carbons (Fsp3) is 0.455. The quantitative estimate of drug-likeness (QED) is 0.780. The molecule has 1 aromatic carbocycles. The minimum atomic E-state index is -2.86. The van der Waals surface area contributed by atoms with Crippen molar-refractivity contribution in [3.05, 3.63) is 28.7 Å². The van der Waals surface area contributed by atoms with E-state index in [1.807, 2.05) is 31.2 Å². The second kappa shape index (κ2) is 6.07. The largest absolute Gasteiger partial charge is 0.229 e. The van der Waals surface area contributed by atoms with Crippen molar-refractivity contribution in [1.29, 1.82) is 0 Å². The molecule has 0 fully saturated rings. The molecule has 0 aliphatic heterocycles. The molecule has 90 valence electrons. The molecule has 0 amide bonds. The molecule has 0 spiro atoms. The van der Waals surface area contributed by atoms with Crippen LogP contribution < -0.4 is 0 Å². The molecular weight excluding hydrogens is 308 g/mol. The van der Waals surface area contributed by atoms with Gasteiger partial charge >= 0.3 is 0 Å². The van der Waals surface area contributed by atoms with E-state index >= 15 is 0 Å². The van der Waals surface area contributed by atoms with Crippen molar-refractivity contribution in [2.24, 2.45) is 5.92 Å². The van der Waals surface area contributed by atoms with Gasteiger partial charge in [-0.3, -0.25) is 0 Å². The van der Waals surface area contributed by atoms with Crippen molar-refractivity contribution in [1.82, 2.24) is 0 Å². The first-order chi connectivity index (χ1) is 7.38. The SMILES string of the molecule is C[C@H](CSc1ccccc1Br)CS(C)(=O)=O. The van der Waals surface area contributed by atoms with Gasteiger partial charge in [0.05, 0.1) is 5.75 Å². The van der Waals surface area contributed by atoms with Crippen LogP contribution in [-0.2, 0) is 9.84 Å². The average molecular weight is 323 g/mol. The number of hydrogen-bond donors (Lipinski definition) is 0. The lowest BCUT2D eigenvalue weighted by Crippen LogP contribution is -2.13. The van der Waals surface area contributed by atoms with E-state index in [0.29, 0.717) is 0 Å². The first-order valence-electron chi connectivity index (χ1n) is 4.93. The highest BCUT2D eigenvalue weighted by molar-refractivity contribution is 9.10. The zero-order chi connectivity index (χ0) is 12.2. The second-order valence-electron chi connectivity index (χ2n) is 3.94. The van der Waals surface area contributed by atoms with Crippen molar-refractivity contribution in [2.75, 3.05) is 17.8 Å². The average Bonchev–Trinajstić information content (AvgIpc) is 2.14. The lowest BCUT2D eigenvalue weighted by atomic mass is 10.3. The summed E-state index contributed by atoms with van der Waals surface area (Å²) in [4.78, 5) is 1.16. The molecule has 0 unspecified atom stereocenters. The van der Waals surface area contributed by atoms with Crippen molar-refractivity contribution in [3.8, 4) is 0 Å². The standard InChI is InChI=1S/C11H15BrO2S2/c1-9(8-16(2,13)14)7-15-11-6-4-3-5-10(11)12/h3-6,9H,7-8H2,1-2H3/t9-/m1/s1. The Labute approximate surface area is 110 Å². The van der Waals surface area contributed by atoms with Crippen molar-refractivity contribution in [2.45, 2.75) is 11.8 Å². The van der Waals surface area contributed by atoms with Gasteiger partial charge < -0.3 is 0 Å². The van der Waals surface area contributed by atoms with Gasteiger partial charge in [-0.15, -0.1) is 11.8 Å². The molecule has 0 saturated heterocycles. The van der Waals surface area contributed by atoms with E-state index in [1.165, 1.54) is 6.26 Å². The molecule has 16 heavy (non-hydrogen) atoms. The third kappa shape index (κ3) is 5.37. The Balaban J connectivity index is 2.49. The highest BCUT2D eigenvalue weighted by atomic mass is 79.9. The van der Waals surface area contributed by atoms with Crippen molar-refractivity contribution in [3.63, 3.8) is 0 Å². The van der Waals surface area contributed by atoms with Gasteiger partial charge in [-0.25, -0.2) is 8.42 Å². The third-order valence-corrected chi connectivity index (χ3v) is 5.48. The molecule has 0 saturated carbocycles. The van der Waals surface area contributed by atoms with Gasteiger partial charge in [0.25, 0.3) is 0 Å². The van der Waals surface area contributed by atoms with E-state index in [4.69, 9.17) is 0 Å². The normalized spacial score (nSPS) is 13.7. The van der Waals surface area contributed by atoms with Gasteiger partial charge in [0, 0.05) is 21.4 Å². The molecule has 0 heterocycles. The first kappa shape index (κ1) is 14.1. The Bertz CT molecular complexity index is 443. The van der Waals surface area contributed by atoms with Gasteiger partial charge in [-0.2, -0.15) is 0 Å². The zero-order valence-corrected chi connectivity index (χ0v) is 12.5. The van der Waals surface area contributed by atoms with E-state index in [0.717, 1.165) is 15.1 Å². The molecule has 0 radical (unpaired) electrons. The van der Waals surface area contributed by atoms with Crippen LogP contribution in [0.1, 0.15) is 6.92 Å². The van der Waals surface area contributed by atoms with E-state index < -0.39 is 9.84 Å². The summed E-state index contributed by atoms with van der Waals surface area (Å²) in [7, 11) is -2.86. The minimum Gasteiger partial charge on any atom is -0.229 e. The lowest BCUT2D eigenvalue weighted by molar-refractivity contribution is 0.589. The third-order valence-electron chi connectivity index (χ3n) is 1.95. The maximum atomic E-state index is 11.1. The molecule has 1 atom stereocenters. The van der Waals surface area contributed by atoms with Crippen molar-refractivity contribution >= 4 is 37.5 Å². The number of sulfone groups is 1. The number of benzene rings is 1. The zero-order valence-electron chi connectivity index (χ0n) is 9.31. The van der Waals surface area contributed by atoms with Crippen LogP contribution in [0.3, 0.4) is 0 Å². The van der Waals surface area contributed by atoms with Crippen LogP contribution in [0.2, 0.25) is 0 Å². The van der Waals surface area contributed by atoms with Crippen LogP contribution in [0.4, 0.5) is 0 Å². The fourth-order valence-corrected chi connectivity index (χ4v) is 4.25. The Hall–Kier alpha value is -0.000000000000000111. The molecule has 0 aromatic heterocycles. The maximum absolute atomic E-state index is 11.1. The van der Waals surface area contributed by atoms with Gasteiger partial charge in [0.15, 0.2) is 0 Å². The lowest BCUT2D eigenvalue weighted by Gasteiger charge is -2.10. The van der Waals surface area contributed by atoms with Gasteiger partial charge in [0.1, 0.15) is 9.84 Å². The summed E-state index contributed by atoms with van der Waals surface area (Å²) in [6.45, 7) is 1.96. The molecule has 0 aliphatic rings. The number of hydrogen-bond acceptors (Lipinski definition) is 3. The molecule has 0 bridgehead atoms. The number of halogens is 1.